The van der Waals surface area contributed by atoms with Crippen molar-refractivity contribution in [2.45, 2.75) is 25.8 Å². The highest BCUT2D eigenvalue weighted by atomic mass is 16.5. The quantitative estimate of drug-likeness (QED) is 0.671. The molecular formula is C24H26N4O3. The van der Waals surface area contributed by atoms with Gasteiger partial charge in [0, 0.05) is 36.3 Å². The largest absolute Gasteiger partial charge is 0.497 e. The van der Waals surface area contributed by atoms with E-state index in [4.69, 9.17) is 4.74 Å². The number of aryl methyl sites for hydroxylation is 1. The topological polar surface area (TPSA) is 83.6 Å². The van der Waals surface area contributed by atoms with E-state index in [9.17, 15) is 9.59 Å². The summed E-state index contributed by atoms with van der Waals surface area (Å²) < 4.78 is 5.25. The summed E-state index contributed by atoms with van der Waals surface area (Å²) in [5.41, 5.74) is 2.82. The molecule has 4 rings (SSSR count). The Hall–Kier alpha value is -3.61. The highest BCUT2D eigenvalue weighted by molar-refractivity contribution is 5.99. The lowest BCUT2D eigenvalue weighted by atomic mass is 10.0. The molecule has 31 heavy (non-hydrogen) atoms. The number of methoxy groups -OCH3 is 1. The van der Waals surface area contributed by atoms with E-state index in [1.54, 1.807) is 12.0 Å². The van der Waals surface area contributed by atoms with Gasteiger partial charge in [-0.1, -0.05) is 18.2 Å². The van der Waals surface area contributed by atoms with Crippen LogP contribution < -0.4 is 15.4 Å². The van der Waals surface area contributed by atoms with Gasteiger partial charge in [-0.15, -0.1) is 0 Å². The third kappa shape index (κ3) is 4.77. The number of hydrogen-bond acceptors (Lipinski definition) is 4. The smallest absolute Gasteiger partial charge is 0.321 e. The zero-order chi connectivity index (χ0) is 21.8. The number of hydrogen-bond donors (Lipinski definition) is 2. The molecule has 7 nitrogen and oxygen atoms in total. The molecule has 0 unspecified atom stereocenters. The molecule has 2 aromatic carbocycles. The fourth-order valence-electron chi connectivity index (χ4n) is 3.81. The molecule has 2 N–H and O–H groups in total. The van der Waals surface area contributed by atoms with Crippen LogP contribution in [0.2, 0.25) is 0 Å². The van der Waals surface area contributed by atoms with Gasteiger partial charge in [-0.05, 0) is 50.1 Å². The monoisotopic (exact) mass is 418 g/mol. The van der Waals surface area contributed by atoms with Crippen LogP contribution in [0.5, 0.6) is 5.75 Å². The van der Waals surface area contributed by atoms with Crippen molar-refractivity contribution in [2.75, 3.05) is 25.5 Å². The summed E-state index contributed by atoms with van der Waals surface area (Å²) in [5, 5.41) is 6.91. The number of carbonyl (C=O) groups excluding carboxylic acids is 2. The molecule has 0 spiro atoms. The van der Waals surface area contributed by atoms with E-state index in [1.165, 1.54) is 0 Å². The van der Waals surface area contributed by atoms with E-state index < -0.39 is 0 Å². The van der Waals surface area contributed by atoms with Crippen LogP contribution in [-0.4, -0.2) is 48.1 Å². The summed E-state index contributed by atoms with van der Waals surface area (Å²) in [4.78, 5) is 31.7. The van der Waals surface area contributed by atoms with E-state index in [0.717, 1.165) is 22.3 Å². The second-order valence-electron chi connectivity index (χ2n) is 7.71. The molecule has 0 atom stereocenters. The average Bonchev–Trinajstić information content (AvgIpc) is 2.79. The number of ether oxygens (including phenoxy) is 1. The fourth-order valence-corrected chi connectivity index (χ4v) is 3.81. The Morgan fingerprint density at radius 2 is 1.81 bits per heavy atom. The number of amides is 3. The number of anilines is 1. The maximum absolute atomic E-state index is 12.9. The van der Waals surface area contributed by atoms with Crippen molar-refractivity contribution < 1.29 is 14.3 Å². The first-order chi connectivity index (χ1) is 15.0. The maximum Gasteiger partial charge on any atom is 0.321 e. The number of carbonyl (C=O) groups is 2. The van der Waals surface area contributed by atoms with Gasteiger partial charge in [0.1, 0.15) is 5.75 Å². The molecule has 7 heteroatoms. The summed E-state index contributed by atoms with van der Waals surface area (Å²) >= 11 is 0. The molecule has 0 saturated carbocycles. The van der Waals surface area contributed by atoms with E-state index in [2.05, 4.69) is 15.6 Å². The first-order valence-electron chi connectivity index (χ1n) is 10.4. The minimum Gasteiger partial charge on any atom is -0.497 e. The highest BCUT2D eigenvalue weighted by Gasteiger charge is 2.25. The second-order valence-corrected chi connectivity index (χ2v) is 7.71. The van der Waals surface area contributed by atoms with Crippen molar-refractivity contribution in [3.05, 3.63) is 65.9 Å². The molecule has 2 heterocycles. The van der Waals surface area contributed by atoms with Crippen LogP contribution in [0, 0.1) is 6.92 Å². The zero-order valence-electron chi connectivity index (χ0n) is 17.7. The predicted molar refractivity (Wildman–Crippen MR) is 121 cm³/mol. The normalized spacial score (nSPS) is 14.3. The van der Waals surface area contributed by atoms with E-state index in [-0.39, 0.29) is 18.0 Å². The van der Waals surface area contributed by atoms with E-state index in [1.807, 2.05) is 61.5 Å². The molecule has 3 amide bonds. The number of piperidine rings is 1. The van der Waals surface area contributed by atoms with Crippen LogP contribution in [0.25, 0.3) is 10.9 Å². The Kier molecular flexibility index (Phi) is 6.02. The van der Waals surface area contributed by atoms with Crippen molar-refractivity contribution in [3.63, 3.8) is 0 Å². The van der Waals surface area contributed by atoms with E-state index >= 15 is 0 Å². The van der Waals surface area contributed by atoms with Gasteiger partial charge in [-0.25, -0.2) is 4.79 Å². The minimum absolute atomic E-state index is 0.0271. The Morgan fingerprint density at radius 1 is 1.06 bits per heavy atom. The summed E-state index contributed by atoms with van der Waals surface area (Å²) in [5.74, 6) is 0.606. The summed E-state index contributed by atoms with van der Waals surface area (Å²) in [6.07, 6.45) is 1.43. The lowest BCUT2D eigenvalue weighted by molar-refractivity contribution is 0.0918. The Morgan fingerprint density at radius 3 is 2.52 bits per heavy atom. The third-order valence-electron chi connectivity index (χ3n) is 5.60. The predicted octanol–water partition coefficient (Wildman–Crippen LogP) is 3.98. The van der Waals surface area contributed by atoms with Crippen molar-refractivity contribution >= 4 is 28.5 Å². The van der Waals surface area contributed by atoms with Gasteiger partial charge in [0.2, 0.25) is 0 Å². The molecule has 1 aliphatic heterocycles. The molecule has 1 aliphatic rings. The summed E-state index contributed by atoms with van der Waals surface area (Å²) in [7, 11) is 1.62. The number of fused-ring (bicyclic) bond motifs is 1. The van der Waals surface area contributed by atoms with Crippen LogP contribution in [0.3, 0.4) is 0 Å². The molecule has 3 aromatic rings. The van der Waals surface area contributed by atoms with Crippen LogP contribution >= 0.6 is 0 Å². The molecule has 0 bridgehead atoms. The van der Waals surface area contributed by atoms with Crippen LogP contribution in [0.1, 0.15) is 28.9 Å². The van der Waals surface area contributed by atoms with Gasteiger partial charge in [0.05, 0.1) is 23.9 Å². The number of pyridine rings is 1. The SMILES string of the molecule is COc1ccc2cc(C(=O)NC3CCN(C(=O)Nc4ccccc4)CC3)c(C)nc2c1. The van der Waals surface area contributed by atoms with Gasteiger partial charge < -0.3 is 20.3 Å². The molecule has 160 valence electrons. The maximum atomic E-state index is 12.9. The minimum atomic E-state index is -0.130. The lowest BCUT2D eigenvalue weighted by Gasteiger charge is -2.32. The average molecular weight is 418 g/mol. The number of urea groups is 1. The fraction of sp³-hybridized carbons (Fsp3) is 0.292. The van der Waals surface area contributed by atoms with Gasteiger partial charge >= 0.3 is 6.03 Å². The van der Waals surface area contributed by atoms with Gasteiger partial charge in [0.15, 0.2) is 0 Å². The molecule has 0 aliphatic carbocycles. The van der Waals surface area contributed by atoms with Crippen LogP contribution in [-0.2, 0) is 0 Å². The Labute approximate surface area is 181 Å². The lowest BCUT2D eigenvalue weighted by Crippen LogP contribution is -2.47. The number of aromatic nitrogens is 1. The van der Waals surface area contributed by atoms with Gasteiger partial charge in [-0.2, -0.15) is 0 Å². The Bertz CT molecular complexity index is 1090. The van der Waals surface area contributed by atoms with E-state index in [0.29, 0.717) is 37.2 Å². The van der Waals surface area contributed by atoms with Gasteiger partial charge in [0.25, 0.3) is 5.91 Å². The molecular weight excluding hydrogens is 392 g/mol. The molecule has 1 saturated heterocycles. The zero-order valence-corrected chi connectivity index (χ0v) is 17.7. The number of nitrogens with one attached hydrogen (secondary N) is 2. The number of para-hydroxylation sites is 1. The van der Waals surface area contributed by atoms with Crippen molar-refractivity contribution in [2.24, 2.45) is 0 Å². The van der Waals surface area contributed by atoms with Crippen LogP contribution in [0.15, 0.2) is 54.6 Å². The molecule has 1 aromatic heterocycles. The standard InChI is InChI=1S/C24H26N4O3/c1-16-21(14-17-8-9-20(31-2)15-22(17)25-16)23(29)26-19-10-12-28(13-11-19)24(30)27-18-6-4-3-5-7-18/h3-9,14-15,19H,10-13H2,1-2H3,(H,26,29)(H,27,30). The van der Waals surface area contributed by atoms with Crippen LogP contribution in [0.4, 0.5) is 10.5 Å². The first-order valence-corrected chi connectivity index (χ1v) is 10.4. The summed E-state index contributed by atoms with van der Waals surface area (Å²) in [6, 6.07) is 16.8. The van der Waals surface area contributed by atoms with Crippen molar-refractivity contribution in [3.8, 4) is 5.75 Å². The van der Waals surface area contributed by atoms with Crippen molar-refractivity contribution in [1.82, 2.24) is 15.2 Å². The Balaban J connectivity index is 1.35. The number of likely N-dealkylation sites (tertiary alicyclic amines) is 1. The second kappa shape index (κ2) is 9.04. The third-order valence-corrected chi connectivity index (χ3v) is 5.60. The van der Waals surface area contributed by atoms with Gasteiger partial charge in [-0.3, -0.25) is 9.78 Å². The number of nitrogens with zero attached hydrogens (tertiary/aromatic N) is 2. The van der Waals surface area contributed by atoms with Crippen molar-refractivity contribution in [1.29, 1.82) is 0 Å². The number of benzene rings is 2. The molecule has 1 fully saturated rings. The summed E-state index contributed by atoms with van der Waals surface area (Å²) in [6.45, 7) is 3.03. The molecule has 0 radical (unpaired) electrons. The number of rotatable bonds is 4. The highest BCUT2D eigenvalue weighted by Crippen LogP contribution is 2.22. The first kappa shape index (κ1) is 20.7.